The van der Waals surface area contributed by atoms with Crippen molar-refractivity contribution in [1.29, 1.82) is 0 Å². The standard InChI is InChI=1S/C13H17N3O6S/c1-3-4-7-23(21,22)15-13(18)10-5-6-11(14-9(2)17)12(8-10)16(19)20/h5-6,8H,3-4,7H2,1-2H3,(H,14,17)(H,15,18). The lowest BCUT2D eigenvalue weighted by molar-refractivity contribution is -0.384. The molecule has 0 fully saturated rings. The predicted octanol–water partition coefficient (Wildman–Crippen LogP) is 1.41. The topological polar surface area (TPSA) is 135 Å². The third kappa shape index (κ3) is 5.66. The molecule has 23 heavy (non-hydrogen) atoms. The van der Waals surface area contributed by atoms with Gasteiger partial charge in [0.15, 0.2) is 0 Å². The lowest BCUT2D eigenvalue weighted by Gasteiger charge is -2.08. The molecule has 0 unspecified atom stereocenters. The molecule has 126 valence electrons. The molecule has 0 aliphatic rings. The van der Waals surface area contributed by atoms with Gasteiger partial charge in [-0.25, -0.2) is 13.1 Å². The normalized spacial score (nSPS) is 10.9. The molecule has 0 aromatic heterocycles. The Morgan fingerprint density at radius 1 is 1.30 bits per heavy atom. The number of carbonyl (C=O) groups excluding carboxylic acids is 2. The quantitative estimate of drug-likeness (QED) is 0.567. The number of nitro groups is 1. The van der Waals surface area contributed by atoms with E-state index in [0.717, 1.165) is 6.07 Å². The fourth-order valence-corrected chi connectivity index (χ4v) is 2.88. The number of unbranched alkanes of at least 4 members (excludes halogenated alkanes) is 1. The van der Waals surface area contributed by atoms with Crippen LogP contribution in [-0.4, -0.2) is 30.9 Å². The number of sulfonamides is 1. The monoisotopic (exact) mass is 343 g/mol. The number of nitro benzene ring substituents is 1. The van der Waals surface area contributed by atoms with Crippen LogP contribution >= 0.6 is 0 Å². The highest BCUT2D eigenvalue weighted by atomic mass is 32.2. The first kappa shape index (κ1) is 18.6. The molecular weight excluding hydrogens is 326 g/mol. The second-order valence-corrected chi connectivity index (χ2v) is 6.62. The SMILES string of the molecule is CCCCS(=O)(=O)NC(=O)c1ccc(NC(C)=O)c([N+](=O)[O-])c1. The van der Waals surface area contributed by atoms with Crippen LogP contribution in [0.25, 0.3) is 0 Å². The Hall–Kier alpha value is -2.49. The van der Waals surface area contributed by atoms with Gasteiger partial charge in [0.2, 0.25) is 15.9 Å². The van der Waals surface area contributed by atoms with Gasteiger partial charge in [0.1, 0.15) is 5.69 Å². The molecule has 0 heterocycles. The molecule has 0 radical (unpaired) electrons. The van der Waals surface area contributed by atoms with Gasteiger partial charge in [-0.1, -0.05) is 13.3 Å². The Kier molecular flexibility index (Phi) is 6.19. The van der Waals surface area contributed by atoms with Gasteiger partial charge in [-0.15, -0.1) is 0 Å². The maximum absolute atomic E-state index is 11.9. The van der Waals surface area contributed by atoms with Gasteiger partial charge >= 0.3 is 0 Å². The summed E-state index contributed by atoms with van der Waals surface area (Å²) in [5.74, 6) is -1.67. The number of hydrogen-bond donors (Lipinski definition) is 2. The number of amides is 2. The van der Waals surface area contributed by atoms with E-state index in [4.69, 9.17) is 0 Å². The maximum Gasteiger partial charge on any atom is 0.293 e. The average Bonchev–Trinajstić information content (AvgIpc) is 2.44. The molecule has 0 saturated carbocycles. The van der Waals surface area contributed by atoms with Gasteiger partial charge in [0, 0.05) is 18.6 Å². The van der Waals surface area contributed by atoms with Gasteiger partial charge in [-0.05, 0) is 18.6 Å². The van der Waals surface area contributed by atoms with Crippen LogP contribution < -0.4 is 10.0 Å². The average molecular weight is 343 g/mol. The van der Waals surface area contributed by atoms with E-state index in [9.17, 15) is 28.1 Å². The summed E-state index contributed by atoms with van der Waals surface area (Å²) >= 11 is 0. The molecule has 0 aliphatic heterocycles. The van der Waals surface area contributed by atoms with Crippen LogP contribution in [0, 0.1) is 10.1 Å². The number of anilines is 1. The Labute approximate surface area is 133 Å². The third-order valence-corrected chi connectivity index (χ3v) is 4.10. The Morgan fingerprint density at radius 2 is 1.96 bits per heavy atom. The van der Waals surface area contributed by atoms with Crippen molar-refractivity contribution < 1.29 is 22.9 Å². The molecular formula is C13H17N3O6S. The van der Waals surface area contributed by atoms with E-state index in [1.54, 1.807) is 6.92 Å². The molecule has 0 spiro atoms. The molecule has 0 saturated heterocycles. The first-order valence-corrected chi connectivity index (χ1v) is 8.42. The highest BCUT2D eigenvalue weighted by molar-refractivity contribution is 7.90. The van der Waals surface area contributed by atoms with Crippen molar-refractivity contribution in [1.82, 2.24) is 4.72 Å². The van der Waals surface area contributed by atoms with Gasteiger partial charge < -0.3 is 5.32 Å². The number of rotatable bonds is 7. The van der Waals surface area contributed by atoms with Crippen molar-refractivity contribution in [3.8, 4) is 0 Å². The van der Waals surface area contributed by atoms with Gasteiger partial charge in [0.25, 0.3) is 11.6 Å². The fraction of sp³-hybridized carbons (Fsp3) is 0.385. The lowest BCUT2D eigenvalue weighted by Crippen LogP contribution is -2.32. The zero-order valence-electron chi connectivity index (χ0n) is 12.7. The minimum absolute atomic E-state index is 0.0760. The van der Waals surface area contributed by atoms with Crippen LogP contribution in [0.3, 0.4) is 0 Å². The zero-order chi connectivity index (χ0) is 17.6. The van der Waals surface area contributed by atoms with E-state index in [0.29, 0.717) is 12.8 Å². The summed E-state index contributed by atoms with van der Waals surface area (Å²) in [6.07, 6.45) is 1.04. The van der Waals surface area contributed by atoms with Crippen LogP contribution in [0.5, 0.6) is 0 Å². The molecule has 0 aliphatic carbocycles. The van der Waals surface area contributed by atoms with Crippen molar-refractivity contribution >= 4 is 33.2 Å². The van der Waals surface area contributed by atoms with Crippen molar-refractivity contribution in [2.75, 3.05) is 11.1 Å². The number of nitrogens with zero attached hydrogens (tertiary/aromatic N) is 1. The third-order valence-electron chi connectivity index (χ3n) is 2.78. The molecule has 1 aromatic rings. The second-order valence-electron chi connectivity index (χ2n) is 4.77. The van der Waals surface area contributed by atoms with Crippen molar-refractivity contribution in [3.63, 3.8) is 0 Å². The van der Waals surface area contributed by atoms with Crippen LogP contribution in [-0.2, 0) is 14.8 Å². The van der Waals surface area contributed by atoms with Crippen LogP contribution in [0.1, 0.15) is 37.0 Å². The minimum atomic E-state index is -3.79. The molecule has 0 bridgehead atoms. The number of nitrogens with one attached hydrogen (secondary N) is 2. The van der Waals surface area contributed by atoms with Crippen molar-refractivity contribution in [2.45, 2.75) is 26.7 Å². The summed E-state index contributed by atoms with van der Waals surface area (Å²) in [7, 11) is -3.79. The first-order chi connectivity index (χ1) is 10.7. The number of hydrogen-bond acceptors (Lipinski definition) is 6. The minimum Gasteiger partial charge on any atom is -0.321 e. The number of carbonyl (C=O) groups is 2. The van der Waals surface area contributed by atoms with Crippen LogP contribution in [0.2, 0.25) is 0 Å². The maximum atomic E-state index is 11.9. The van der Waals surface area contributed by atoms with E-state index >= 15 is 0 Å². The molecule has 1 rings (SSSR count). The van der Waals surface area contributed by atoms with E-state index < -0.39 is 32.4 Å². The molecule has 2 N–H and O–H groups in total. The molecule has 2 amide bonds. The summed E-state index contributed by atoms with van der Waals surface area (Å²) in [5.41, 5.74) is -0.766. The van der Waals surface area contributed by atoms with E-state index in [1.165, 1.54) is 19.1 Å². The molecule has 1 aromatic carbocycles. The van der Waals surface area contributed by atoms with Crippen molar-refractivity contribution in [2.24, 2.45) is 0 Å². The largest absolute Gasteiger partial charge is 0.321 e. The summed E-state index contributed by atoms with van der Waals surface area (Å²) in [6, 6.07) is 3.28. The first-order valence-electron chi connectivity index (χ1n) is 6.77. The Balaban J connectivity index is 3.05. The van der Waals surface area contributed by atoms with Gasteiger partial charge in [-0.3, -0.25) is 19.7 Å². The predicted molar refractivity (Wildman–Crippen MR) is 83.6 cm³/mol. The van der Waals surface area contributed by atoms with E-state index in [-0.39, 0.29) is 17.0 Å². The Bertz CT molecular complexity index is 729. The van der Waals surface area contributed by atoms with Crippen LogP contribution in [0.15, 0.2) is 18.2 Å². The van der Waals surface area contributed by atoms with Crippen molar-refractivity contribution in [3.05, 3.63) is 33.9 Å². The zero-order valence-corrected chi connectivity index (χ0v) is 13.5. The van der Waals surface area contributed by atoms with Gasteiger partial charge in [0.05, 0.1) is 10.7 Å². The molecule has 0 atom stereocenters. The molecule has 9 nitrogen and oxygen atoms in total. The number of benzene rings is 1. The highest BCUT2D eigenvalue weighted by Gasteiger charge is 2.21. The smallest absolute Gasteiger partial charge is 0.293 e. The fourth-order valence-electron chi connectivity index (χ4n) is 1.70. The van der Waals surface area contributed by atoms with E-state index in [1.807, 2.05) is 4.72 Å². The molecule has 10 heteroatoms. The lowest BCUT2D eigenvalue weighted by atomic mass is 10.1. The summed E-state index contributed by atoms with van der Waals surface area (Å²) < 4.78 is 25.2. The van der Waals surface area contributed by atoms with Crippen LogP contribution in [0.4, 0.5) is 11.4 Å². The summed E-state index contributed by atoms with van der Waals surface area (Å²) in [6.45, 7) is 2.99. The summed E-state index contributed by atoms with van der Waals surface area (Å²) in [5, 5.41) is 13.3. The highest BCUT2D eigenvalue weighted by Crippen LogP contribution is 2.25. The summed E-state index contributed by atoms with van der Waals surface area (Å²) in [4.78, 5) is 33.2. The second kappa shape index (κ2) is 7.68. The van der Waals surface area contributed by atoms with E-state index in [2.05, 4.69) is 5.32 Å². The van der Waals surface area contributed by atoms with Gasteiger partial charge in [-0.2, -0.15) is 0 Å². The Morgan fingerprint density at radius 3 is 2.48 bits per heavy atom.